The lowest BCUT2D eigenvalue weighted by molar-refractivity contribution is 0.103. The van der Waals surface area contributed by atoms with Gasteiger partial charge in [-0.05, 0) is 60.9 Å². The predicted octanol–water partition coefficient (Wildman–Crippen LogP) is 4.04. The molecule has 0 fully saturated rings. The van der Waals surface area contributed by atoms with E-state index in [9.17, 15) is 15.3 Å². The van der Waals surface area contributed by atoms with Crippen molar-refractivity contribution in [3.05, 3.63) is 90.0 Å². The molecule has 0 aliphatic rings. The minimum Gasteiger partial charge on any atom is -0.508 e. The largest absolute Gasteiger partial charge is 0.508 e. The van der Waals surface area contributed by atoms with Crippen LogP contribution in [0, 0.1) is 0 Å². The molecule has 158 valence electrons. The van der Waals surface area contributed by atoms with Gasteiger partial charge in [0.05, 0.1) is 0 Å². The number of para-hydroxylation sites is 1. The van der Waals surface area contributed by atoms with Crippen LogP contribution in [-0.2, 0) is 0 Å². The third-order valence-electron chi connectivity index (χ3n) is 5.07. The Bertz CT molecular complexity index is 836. The van der Waals surface area contributed by atoms with Crippen LogP contribution in [-0.4, -0.2) is 40.6 Å². The van der Waals surface area contributed by atoms with Gasteiger partial charge in [0.1, 0.15) is 30.0 Å². The molecule has 0 aliphatic carbocycles. The number of hydrogen-bond acceptors (Lipinski definition) is 5. The first kappa shape index (κ1) is 21.7. The third-order valence-corrected chi connectivity index (χ3v) is 5.07. The number of rotatable bonds is 10. The van der Waals surface area contributed by atoms with E-state index >= 15 is 0 Å². The first-order valence-electron chi connectivity index (χ1n) is 10.2. The van der Waals surface area contributed by atoms with Crippen LogP contribution in [0.4, 0.5) is 0 Å². The number of aliphatic hydroxyl groups is 1. The molecule has 3 aromatic rings. The van der Waals surface area contributed by atoms with Crippen LogP contribution in [0.5, 0.6) is 17.2 Å². The van der Waals surface area contributed by atoms with E-state index in [0.29, 0.717) is 6.54 Å². The van der Waals surface area contributed by atoms with Crippen LogP contribution in [0.25, 0.3) is 0 Å². The van der Waals surface area contributed by atoms with Crippen molar-refractivity contribution in [2.75, 3.05) is 13.2 Å². The molecule has 4 N–H and O–H groups in total. The van der Waals surface area contributed by atoms with E-state index in [1.165, 1.54) is 0 Å². The minimum absolute atomic E-state index is 0.0893. The van der Waals surface area contributed by atoms with E-state index in [0.717, 1.165) is 23.3 Å². The van der Waals surface area contributed by atoms with Gasteiger partial charge in [0.25, 0.3) is 0 Å². The summed E-state index contributed by atoms with van der Waals surface area (Å²) in [4.78, 5) is 0. The SMILES string of the molecule is C[C@@H](CC(c1ccc(O)cc1)c1ccc(O)cc1)NC[C@H](O)COc1ccccc1. The number of phenolic OH excluding ortho intramolecular Hbond substituents is 2. The molecule has 0 unspecified atom stereocenters. The molecular weight excluding hydrogens is 378 g/mol. The van der Waals surface area contributed by atoms with Gasteiger partial charge in [0.2, 0.25) is 0 Å². The Balaban J connectivity index is 1.58. The summed E-state index contributed by atoms with van der Waals surface area (Å²) in [7, 11) is 0. The second-order valence-corrected chi connectivity index (χ2v) is 7.56. The highest BCUT2D eigenvalue weighted by molar-refractivity contribution is 5.37. The van der Waals surface area contributed by atoms with E-state index in [1.807, 2.05) is 54.6 Å². The highest BCUT2D eigenvalue weighted by atomic mass is 16.5. The first-order chi connectivity index (χ1) is 14.5. The summed E-state index contributed by atoms with van der Waals surface area (Å²) in [6.07, 6.45) is 0.176. The average molecular weight is 408 g/mol. The molecule has 0 heterocycles. The standard InChI is InChI=1S/C25H29NO4/c1-18(26-16-23(29)17-30-24-5-3-2-4-6-24)15-25(19-7-11-21(27)12-8-19)20-9-13-22(28)14-10-20/h2-14,18,23,25-29H,15-17H2,1H3/t18-,23-/m0/s1. The van der Waals surface area contributed by atoms with Crippen molar-refractivity contribution in [1.29, 1.82) is 0 Å². The lowest BCUT2D eigenvalue weighted by atomic mass is 9.86. The predicted molar refractivity (Wildman–Crippen MR) is 118 cm³/mol. The Morgan fingerprint density at radius 1 is 0.800 bits per heavy atom. The Morgan fingerprint density at radius 3 is 1.87 bits per heavy atom. The van der Waals surface area contributed by atoms with Crippen LogP contribution in [0.2, 0.25) is 0 Å². The van der Waals surface area contributed by atoms with Crippen molar-refractivity contribution in [2.24, 2.45) is 0 Å². The Labute approximate surface area is 177 Å². The molecule has 3 aromatic carbocycles. The van der Waals surface area contributed by atoms with Gasteiger partial charge in [0, 0.05) is 18.5 Å². The van der Waals surface area contributed by atoms with E-state index < -0.39 is 6.10 Å². The van der Waals surface area contributed by atoms with E-state index in [1.54, 1.807) is 24.3 Å². The van der Waals surface area contributed by atoms with Crippen molar-refractivity contribution >= 4 is 0 Å². The fraction of sp³-hybridized carbons (Fsp3) is 0.280. The Hall–Kier alpha value is -3.02. The number of hydrogen-bond donors (Lipinski definition) is 4. The van der Waals surface area contributed by atoms with Crippen molar-refractivity contribution in [2.45, 2.75) is 31.4 Å². The van der Waals surface area contributed by atoms with Gasteiger partial charge in [-0.3, -0.25) is 0 Å². The quantitative estimate of drug-likeness (QED) is 0.408. The van der Waals surface area contributed by atoms with Gasteiger partial charge < -0.3 is 25.4 Å². The van der Waals surface area contributed by atoms with Gasteiger partial charge in [-0.25, -0.2) is 0 Å². The molecule has 0 saturated heterocycles. The highest BCUT2D eigenvalue weighted by Gasteiger charge is 2.18. The minimum atomic E-state index is -0.617. The smallest absolute Gasteiger partial charge is 0.119 e. The lowest BCUT2D eigenvalue weighted by Crippen LogP contribution is -2.37. The fourth-order valence-electron chi connectivity index (χ4n) is 3.42. The van der Waals surface area contributed by atoms with Crippen LogP contribution >= 0.6 is 0 Å². The first-order valence-corrected chi connectivity index (χ1v) is 10.2. The summed E-state index contributed by atoms with van der Waals surface area (Å²) in [5.74, 6) is 1.29. The average Bonchev–Trinajstić information content (AvgIpc) is 2.77. The monoisotopic (exact) mass is 407 g/mol. The third kappa shape index (κ3) is 6.51. The number of aromatic hydroxyl groups is 2. The van der Waals surface area contributed by atoms with Crippen molar-refractivity contribution in [3.63, 3.8) is 0 Å². The number of nitrogens with one attached hydrogen (secondary N) is 1. The highest BCUT2D eigenvalue weighted by Crippen LogP contribution is 2.31. The summed E-state index contributed by atoms with van der Waals surface area (Å²) < 4.78 is 5.60. The van der Waals surface area contributed by atoms with E-state index in [-0.39, 0.29) is 30.1 Å². The van der Waals surface area contributed by atoms with Crippen LogP contribution < -0.4 is 10.1 Å². The maximum Gasteiger partial charge on any atom is 0.119 e. The molecule has 0 radical (unpaired) electrons. The molecule has 0 saturated carbocycles. The van der Waals surface area contributed by atoms with E-state index in [4.69, 9.17) is 4.74 Å². The summed E-state index contributed by atoms with van der Waals surface area (Å²) in [5, 5.41) is 32.9. The van der Waals surface area contributed by atoms with Gasteiger partial charge in [-0.2, -0.15) is 0 Å². The molecule has 0 bridgehead atoms. The van der Waals surface area contributed by atoms with Crippen LogP contribution in [0.1, 0.15) is 30.4 Å². The maximum atomic E-state index is 10.2. The number of aliphatic hydroxyl groups excluding tert-OH is 1. The van der Waals surface area contributed by atoms with Crippen molar-refractivity contribution in [3.8, 4) is 17.2 Å². The maximum absolute atomic E-state index is 10.2. The second kappa shape index (κ2) is 10.7. The number of ether oxygens (including phenoxy) is 1. The fourth-order valence-corrected chi connectivity index (χ4v) is 3.42. The molecule has 30 heavy (non-hydrogen) atoms. The molecule has 5 heteroatoms. The Morgan fingerprint density at radius 2 is 1.33 bits per heavy atom. The molecule has 0 amide bonds. The zero-order valence-corrected chi connectivity index (χ0v) is 17.1. The summed E-state index contributed by atoms with van der Waals surface area (Å²) >= 11 is 0. The summed E-state index contributed by atoms with van der Waals surface area (Å²) in [6, 6.07) is 24.0. The zero-order chi connectivity index (χ0) is 21.3. The Kier molecular flexibility index (Phi) is 7.71. The molecule has 3 rings (SSSR count). The summed E-state index contributed by atoms with van der Waals surface area (Å²) in [6.45, 7) is 2.73. The van der Waals surface area contributed by atoms with Crippen LogP contribution in [0.3, 0.4) is 0 Å². The zero-order valence-electron chi connectivity index (χ0n) is 17.1. The van der Waals surface area contributed by atoms with Crippen molar-refractivity contribution in [1.82, 2.24) is 5.32 Å². The molecule has 5 nitrogen and oxygen atoms in total. The number of phenols is 2. The topological polar surface area (TPSA) is 82.0 Å². The molecular formula is C25H29NO4. The molecule has 0 aromatic heterocycles. The van der Waals surface area contributed by atoms with Gasteiger partial charge in [-0.1, -0.05) is 42.5 Å². The van der Waals surface area contributed by atoms with Gasteiger partial charge in [-0.15, -0.1) is 0 Å². The van der Waals surface area contributed by atoms with Gasteiger partial charge >= 0.3 is 0 Å². The van der Waals surface area contributed by atoms with Crippen LogP contribution in [0.15, 0.2) is 78.9 Å². The lowest BCUT2D eigenvalue weighted by Gasteiger charge is -2.24. The van der Waals surface area contributed by atoms with E-state index in [2.05, 4.69) is 12.2 Å². The van der Waals surface area contributed by atoms with Crippen molar-refractivity contribution < 1.29 is 20.1 Å². The summed E-state index contributed by atoms with van der Waals surface area (Å²) in [5.41, 5.74) is 2.17. The second-order valence-electron chi connectivity index (χ2n) is 7.56. The number of benzene rings is 3. The molecule has 0 spiro atoms. The normalized spacial score (nSPS) is 13.2. The van der Waals surface area contributed by atoms with Gasteiger partial charge in [0.15, 0.2) is 0 Å². The molecule has 2 atom stereocenters. The molecule has 0 aliphatic heterocycles.